The van der Waals surface area contributed by atoms with E-state index in [1.165, 1.54) is 19.9 Å². The minimum absolute atomic E-state index is 0.0388. The van der Waals surface area contributed by atoms with Gasteiger partial charge in [-0.25, -0.2) is 0 Å². The van der Waals surface area contributed by atoms with Gasteiger partial charge < -0.3 is 20.4 Å². The van der Waals surface area contributed by atoms with E-state index in [1.807, 2.05) is 0 Å². The molecule has 0 heterocycles. The maximum atomic E-state index is 13.4. The minimum atomic E-state index is -6.40. The second-order valence-corrected chi connectivity index (χ2v) is 10.9. The van der Waals surface area contributed by atoms with Crippen LogP contribution in [0.5, 0.6) is 5.75 Å². The molecular formula is C27H26F12O4. The largest absolute Gasteiger partial charge is 0.508 e. The summed E-state index contributed by atoms with van der Waals surface area (Å²) >= 11 is 0. The Morgan fingerprint density at radius 1 is 0.628 bits per heavy atom. The monoisotopic (exact) mass is 642 g/mol. The van der Waals surface area contributed by atoms with Gasteiger partial charge in [0.1, 0.15) is 5.75 Å². The van der Waals surface area contributed by atoms with Crippen LogP contribution in [0.15, 0.2) is 48.5 Å². The third-order valence-electron chi connectivity index (χ3n) is 7.19. The van der Waals surface area contributed by atoms with Crippen molar-refractivity contribution in [3.05, 3.63) is 70.8 Å². The van der Waals surface area contributed by atoms with Gasteiger partial charge in [0.15, 0.2) is 11.2 Å². The predicted octanol–water partition coefficient (Wildman–Crippen LogP) is 7.43. The predicted molar refractivity (Wildman–Crippen MR) is 129 cm³/mol. The van der Waals surface area contributed by atoms with Crippen LogP contribution in [0.25, 0.3) is 5.57 Å². The first-order valence-electron chi connectivity index (χ1n) is 12.0. The van der Waals surface area contributed by atoms with E-state index >= 15 is 0 Å². The Labute approximate surface area is 236 Å². The Morgan fingerprint density at radius 2 is 1.07 bits per heavy atom. The third kappa shape index (κ3) is 6.90. The number of phenols is 1. The number of rotatable bonds is 7. The summed E-state index contributed by atoms with van der Waals surface area (Å²) in [6, 6.07) is 6.55. The molecule has 0 fully saturated rings. The molecule has 2 unspecified atom stereocenters. The van der Waals surface area contributed by atoms with Crippen LogP contribution < -0.4 is 0 Å². The van der Waals surface area contributed by atoms with E-state index in [9.17, 15) is 73.1 Å². The third-order valence-corrected chi connectivity index (χ3v) is 7.19. The standard InChI is InChI=1S/C27H26F12O4/c1-20(2,17-9-10-19(40)18(11-17)22(4,42)25(31,32)33)16-7-5-14(6-8-16)15(12-21(3,41)24(28,29)30)13-23(43,26(34,35)36)27(37,38)39/h5-12,40-43H,13H2,1-4H3/b15-12+. The van der Waals surface area contributed by atoms with E-state index in [-0.39, 0.29) is 24.1 Å². The summed E-state index contributed by atoms with van der Waals surface area (Å²) < 4.78 is 161. The summed E-state index contributed by atoms with van der Waals surface area (Å²) in [5.41, 5.74) is -17.1. The first-order chi connectivity index (χ1) is 18.9. The van der Waals surface area contributed by atoms with Gasteiger partial charge >= 0.3 is 24.7 Å². The number of hydrogen-bond donors (Lipinski definition) is 4. The molecule has 0 saturated carbocycles. The molecule has 0 bridgehead atoms. The Morgan fingerprint density at radius 3 is 1.47 bits per heavy atom. The molecule has 2 rings (SSSR count). The van der Waals surface area contributed by atoms with Crippen LogP contribution in [-0.4, -0.2) is 56.3 Å². The molecular weight excluding hydrogens is 616 g/mol. The topological polar surface area (TPSA) is 80.9 Å². The molecule has 0 aliphatic carbocycles. The molecule has 0 aromatic heterocycles. The van der Waals surface area contributed by atoms with Gasteiger partial charge in [0, 0.05) is 17.4 Å². The fraction of sp³-hybridized carbons (Fsp3) is 0.481. The summed E-state index contributed by atoms with van der Waals surface area (Å²) in [4.78, 5) is 0. The van der Waals surface area contributed by atoms with Crippen molar-refractivity contribution in [2.75, 3.05) is 0 Å². The molecule has 0 aliphatic heterocycles. The Bertz CT molecular complexity index is 1320. The molecule has 16 heteroatoms. The lowest BCUT2D eigenvalue weighted by atomic mass is 9.76. The summed E-state index contributed by atoms with van der Waals surface area (Å²) in [5.74, 6) is -0.912. The van der Waals surface area contributed by atoms with Crippen molar-refractivity contribution >= 4 is 5.57 Å². The van der Waals surface area contributed by atoms with Gasteiger partial charge in [-0.1, -0.05) is 44.2 Å². The normalized spacial score (nSPS) is 17.4. The van der Waals surface area contributed by atoms with Gasteiger partial charge in [0.25, 0.3) is 5.60 Å². The quantitative estimate of drug-likeness (QED) is 0.237. The molecule has 2 atom stereocenters. The molecule has 0 spiro atoms. The lowest BCUT2D eigenvalue weighted by Gasteiger charge is -2.34. The fourth-order valence-electron chi connectivity index (χ4n) is 4.03. The van der Waals surface area contributed by atoms with Crippen molar-refractivity contribution in [3.8, 4) is 5.75 Å². The van der Waals surface area contributed by atoms with Crippen molar-refractivity contribution in [3.63, 3.8) is 0 Å². The number of aromatic hydroxyl groups is 1. The van der Waals surface area contributed by atoms with E-state index < -0.39 is 75.8 Å². The molecule has 43 heavy (non-hydrogen) atoms. The van der Waals surface area contributed by atoms with Crippen LogP contribution in [-0.2, 0) is 11.0 Å². The van der Waals surface area contributed by atoms with E-state index in [2.05, 4.69) is 0 Å². The van der Waals surface area contributed by atoms with Crippen molar-refractivity contribution in [1.82, 2.24) is 0 Å². The Kier molecular flexibility index (Phi) is 9.16. The molecule has 0 amide bonds. The molecule has 0 radical (unpaired) electrons. The zero-order valence-corrected chi connectivity index (χ0v) is 22.7. The van der Waals surface area contributed by atoms with Crippen LogP contribution in [0.4, 0.5) is 52.7 Å². The van der Waals surface area contributed by atoms with Crippen LogP contribution in [0.1, 0.15) is 56.4 Å². The molecule has 2 aromatic carbocycles. The molecule has 4 nitrogen and oxygen atoms in total. The van der Waals surface area contributed by atoms with Crippen molar-refractivity contribution in [2.24, 2.45) is 0 Å². The van der Waals surface area contributed by atoms with E-state index in [4.69, 9.17) is 0 Å². The van der Waals surface area contributed by atoms with Gasteiger partial charge in [0.05, 0.1) is 0 Å². The zero-order valence-electron chi connectivity index (χ0n) is 22.7. The second kappa shape index (κ2) is 10.9. The number of benzene rings is 2. The summed E-state index contributed by atoms with van der Waals surface area (Å²) in [5, 5.41) is 39.5. The SMILES string of the molecule is CC(C)(c1ccc(/C(=C/C(C)(O)C(F)(F)F)CC(O)(C(F)(F)F)C(F)(F)F)cc1)c1ccc(O)c(C(C)(O)C(F)(F)F)c1. The van der Waals surface area contributed by atoms with Crippen molar-refractivity contribution in [1.29, 1.82) is 0 Å². The van der Waals surface area contributed by atoms with Crippen LogP contribution in [0.2, 0.25) is 0 Å². The summed E-state index contributed by atoms with van der Waals surface area (Å²) in [7, 11) is 0. The first-order valence-corrected chi connectivity index (χ1v) is 12.0. The van der Waals surface area contributed by atoms with E-state index in [1.54, 1.807) is 0 Å². The second-order valence-electron chi connectivity index (χ2n) is 10.9. The number of halogens is 12. The average Bonchev–Trinajstić information content (AvgIpc) is 2.80. The summed E-state index contributed by atoms with van der Waals surface area (Å²) in [6.07, 6.45) is -26.3. The first kappa shape index (κ1) is 36.2. The summed E-state index contributed by atoms with van der Waals surface area (Å²) in [6.45, 7) is 3.29. The molecule has 242 valence electrons. The van der Waals surface area contributed by atoms with Gasteiger partial charge in [0.2, 0.25) is 0 Å². The highest BCUT2D eigenvalue weighted by molar-refractivity contribution is 5.68. The van der Waals surface area contributed by atoms with E-state index in [0.717, 1.165) is 36.4 Å². The average molecular weight is 642 g/mol. The maximum Gasteiger partial charge on any atom is 0.426 e. The maximum absolute atomic E-state index is 13.4. The highest BCUT2D eigenvalue weighted by atomic mass is 19.4. The van der Waals surface area contributed by atoms with Crippen LogP contribution in [0, 0.1) is 0 Å². The molecule has 0 saturated heterocycles. The smallest absolute Gasteiger partial charge is 0.426 e. The molecule has 0 aliphatic rings. The highest BCUT2D eigenvalue weighted by Crippen LogP contribution is 2.49. The van der Waals surface area contributed by atoms with Crippen molar-refractivity contribution in [2.45, 2.75) is 81.0 Å². The van der Waals surface area contributed by atoms with Crippen LogP contribution >= 0.6 is 0 Å². The van der Waals surface area contributed by atoms with Gasteiger partial charge in [-0.05, 0) is 54.3 Å². The lowest BCUT2D eigenvalue weighted by molar-refractivity contribution is -0.365. The van der Waals surface area contributed by atoms with E-state index in [0.29, 0.717) is 6.92 Å². The Hall–Kier alpha value is -2.98. The van der Waals surface area contributed by atoms with Gasteiger partial charge in [-0.15, -0.1) is 0 Å². The fourth-order valence-corrected chi connectivity index (χ4v) is 4.03. The number of aliphatic hydroxyl groups is 3. The zero-order chi connectivity index (χ0) is 33.8. The number of phenolic OH excluding ortho intramolecular Hbond substituents is 1. The highest BCUT2D eigenvalue weighted by Gasteiger charge is 2.70. The minimum Gasteiger partial charge on any atom is -0.508 e. The van der Waals surface area contributed by atoms with Gasteiger partial charge in [-0.2, -0.15) is 52.7 Å². The van der Waals surface area contributed by atoms with Gasteiger partial charge in [-0.3, -0.25) is 0 Å². The number of hydrogen-bond acceptors (Lipinski definition) is 4. The number of alkyl halides is 12. The van der Waals surface area contributed by atoms with Crippen LogP contribution in [0.3, 0.4) is 0 Å². The molecule has 4 N–H and O–H groups in total. The van der Waals surface area contributed by atoms with Crippen molar-refractivity contribution < 1.29 is 73.1 Å². The molecule has 2 aromatic rings. The Balaban J connectivity index is 2.70. The lowest BCUT2D eigenvalue weighted by Crippen LogP contribution is -2.57.